The van der Waals surface area contributed by atoms with Gasteiger partial charge in [0.15, 0.2) is 5.71 Å². The minimum Gasteiger partial charge on any atom is -0.479 e. The third-order valence-corrected chi connectivity index (χ3v) is 6.46. The molecule has 2 amide bonds. The predicted octanol–water partition coefficient (Wildman–Crippen LogP) is 0.322. The number of aliphatic carboxylic acids is 1. The Morgan fingerprint density at radius 3 is 2.66 bits per heavy atom. The van der Waals surface area contributed by atoms with Gasteiger partial charge in [-0.15, -0.1) is 23.1 Å². The molecule has 1 aromatic rings. The quantitative estimate of drug-likeness (QED) is 0.149. The molecule has 35 heavy (non-hydrogen) atoms. The minimum absolute atomic E-state index is 0.162. The third kappa shape index (κ3) is 6.36. The molecule has 2 aliphatic heterocycles. The lowest BCUT2D eigenvalue weighted by Crippen LogP contribution is -2.69. The molecule has 1 fully saturated rings. The molecule has 0 bridgehead atoms. The monoisotopic (exact) mass is 526 g/mol. The number of nitrogens with zero attached hydrogens (tertiary/aromatic N) is 3. The van der Waals surface area contributed by atoms with Gasteiger partial charge in [0, 0.05) is 17.3 Å². The molecule has 15 heteroatoms. The van der Waals surface area contributed by atoms with Crippen molar-refractivity contribution in [2.45, 2.75) is 32.2 Å². The van der Waals surface area contributed by atoms with Crippen LogP contribution in [0.4, 0.5) is 0 Å². The molecule has 2 N–H and O–H groups in total. The zero-order valence-electron chi connectivity index (χ0n) is 18.9. The lowest BCUT2D eigenvalue weighted by Gasteiger charge is -2.47. The maximum absolute atomic E-state index is 12.7. The van der Waals surface area contributed by atoms with Crippen LogP contribution in [0, 0.1) is 5.41 Å². The number of carboxylic acids is 1. The van der Waals surface area contributed by atoms with Crippen molar-refractivity contribution in [3.8, 4) is 0 Å². The molecular formula is C20H22N4O9S2. The van der Waals surface area contributed by atoms with E-state index < -0.39 is 60.0 Å². The Morgan fingerprint density at radius 1 is 1.29 bits per heavy atom. The molecule has 1 saturated heterocycles. The van der Waals surface area contributed by atoms with E-state index in [2.05, 4.69) is 20.3 Å². The van der Waals surface area contributed by atoms with Gasteiger partial charge in [0.2, 0.25) is 13.4 Å². The predicted molar refractivity (Wildman–Crippen MR) is 122 cm³/mol. The topological polar surface area (TPSA) is 174 Å². The molecule has 3 heterocycles. The van der Waals surface area contributed by atoms with E-state index >= 15 is 0 Å². The molecule has 2 aliphatic rings. The van der Waals surface area contributed by atoms with Gasteiger partial charge in [-0.2, -0.15) is 0 Å². The van der Waals surface area contributed by atoms with Crippen LogP contribution in [0.1, 0.15) is 26.5 Å². The van der Waals surface area contributed by atoms with Crippen molar-refractivity contribution in [1.82, 2.24) is 15.2 Å². The normalized spacial score (nSPS) is 19.6. The maximum Gasteiger partial charge on any atom is 0.344 e. The van der Waals surface area contributed by atoms with E-state index in [0.29, 0.717) is 0 Å². The van der Waals surface area contributed by atoms with Crippen LogP contribution >= 0.6 is 23.1 Å². The summed E-state index contributed by atoms with van der Waals surface area (Å²) in [5.74, 6) is -3.57. The number of oxime groups is 1. The zero-order chi connectivity index (χ0) is 25.8. The number of ether oxygens (including phenoxy) is 2. The Kier molecular flexibility index (Phi) is 8.11. The SMILES string of the molecule is CC(C)(C)C(=O)OCOC(=O)C1=CN2C(=O)C(NC(=O)C(=NOCC(=O)O)c3cscn3)[C@H]2SC1. The van der Waals surface area contributed by atoms with Crippen molar-refractivity contribution in [3.63, 3.8) is 0 Å². The van der Waals surface area contributed by atoms with Crippen LogP contribution < -0.4 is 5.32 Å². The molecule has 0 saturated carbocycles. The third-order valence-electron chi connectivity index (χ3n) is 4.56. The number of hydrogen-bond donors (Lipinski definition) is 2. The van der Waals surface area contributed by atoms with Crippen LogP contribution in [0.2, 0.25) is 0 Å². The number of rotatable bonds is 9. The van der Waals surface area contributed by atoms with E-state index in [0.717, 1.165) is 0 Å². The second kappa shape index (κ2) is 10.9. The van der Waals surface area contributed by atoms with Crippen LogP contribution in [0.3, 0.4) is 0 Å². The summed E-state index contributed by atoms with van der Waals surface area (Å²) in [4.78, 5) is 69.9. The van der Waals surface area contributed by atoms with Crippen molar-refractivity contribution < 1.29 is 43.4 Å². The Morgan fingerprint density at radius 2 is 2.03 bits per heavy atom. The Hall–Kier alpha value is -3.46. The van der Waals surface area contributed by atoms with Gasteiger partial charge in [0.05, 0.1) is 16.5 Å². The van der Waals surface area contributed by atoms with Gasteiger partial charge in [0.1, 0.15) is 17.1 Å². The van der Waals surface area contributed by atoms with Crippen molar-refractivity contribution >= 4 is 58.5 Å². The average Bonchev–Trinajstić information content (AvgIpc) is 3.33. The number of amides is 2. The fraction of sp³-hybridized carbons (Fsp3) is 0.450. The summed E-state index contributed by atoms with van der Waals surface area (Å²) in [6.07, 6.45) is 1.34. The molecule has 0 spiro atoms. The lowest BCUT2D eigenvalue weighted by atomic mass is 9.98. The van der Waals surface area contributed by atoms with E-state index in [9.17, 15) is 24.0 Å². The molecule has 0 radical (unpaired) electrons. The number of esters is 2. The molecule has 1 unspecified atom stereocenters. The summed E-state index contributed by atoms with van der Waals surface area (Å²) in [5.41, 5.74) is 0.801. The van der Waals surface area contributed by atoms with Gasteiger partial charge >= 0.3 is 17.9 Å². The van der Waals surface area contributed by atoms with Crippen LogP contribution in [0.25, 0.3) is 0 Å². The molecule has 1 aromatic heterocycles. The van der Waals surface area contributed by atoms with E-state index in [1.807, 2.05) is 0 Å². The van der Waals surface area contributed by atoms with Gasteiger partial charge in [-0.1, -0.05) is 5.16 Å². The summed E-state index contributed by atoms with van der Waals surface area (Å²) in [5, 5.41) is 15.9. The highest BCUT2D eigenvalue weighted by Crippen LogP contribution is 2.36. The van der Waals surface area contributed by atoms with E-state index in [1.165, 1.54) is 45.1 Å². The minimum atomic E-state index is -1.27. The summed E-state index contributed by atoms with van der Waals surface area (Å²) >= 11 is 2.42. The first kappa shape index (κ1) is 26.2. The molecule has 0 aromatic carbocycles. The van der Waals surface area contributed by atoms with E-state index in [4.69, 9.17) is 14.6 Å². The number of hydrogen-bond acceptors (Lipinski definition) is 12. The summed E-state index contributed by atoms with van der Waals surface area (Å²) in [6, 6.07) is -0.905. The molecule has 0 aliphatic carbocycles. The molecule has 188 valence electrons. The van der Waals surface area contributed by atoms with Crippen molar-refractivity contribution in [2.75, 3.05) is 19.2 Å². The standard InChI is InChI=1S/C20H22N4O9S2/c1-20(2,3)19(30)32-9-31-18(29)10-4-24-16(28)14(17(24)35-6-10)22-15(27)13(11-7-34-8-21-11)23-33-5-12(25)26/h4,7-8,14,17H,5-6,9H2,1-3H3,(H,22,27)(H,25,26)/t14?,17-/m1/s1. The fourth-order valence-corrected chi connectivity index (χ4v) is 4.55. The van der Waals surface area contributed by atoms with Crippen molar-refractivity contribution in [3.05, 3.63) is 28.4 Å². The first-order valence-corrected chi connectivity index (χ1v) is 12.1. The Bertz CT molecular complexity index is 1080. The van der Waals surface area contributed by atoms with Gasteiger partial charge in [-0.3, -0.25) is 14.4 Å². The number of β-lactam (4-membered cyclic amide) rings is 1. The molecule has 3 rings (SSSR count). The van der Waals surface area contributed by atoms with Crippen LogP contribution in [0.15, 0.2) is 27.8 Å². The first-order valence-electron chi connectivity index (χ1n) is 10.1. The molecule has 13 nitrogen and oxygen atoms in total. The highest BCUT2D eigenvalue weighted by Gasteiger charge is 2.50. The number of thiazole rings is 1. The highest BCUT2D eigenvalue weighted by atomic mass is 32.2. The van der Waals surface area contributed by atoms with Crippen molar-refractivity contribution in [1.29, 1.82) is 0 Å². The van der Waals surface area contributed by atoms with Crippen LogP contribution in [-0.2, 0) is 38.3 Å². The van der Waals surface area contributed by atoms with Crippen molar-refractivity contribution in [2.24, 2.45) is 10.6 Å². The number of thioether (sulfide) groups is 1. The number of nitrogens with one attached hydrogen (secondary N) is 1. The number of carboxylic acid groups (broad SMARTS) is 1. The van der Waals surface area contributed by atoms with Gasteiger partial charge in [-0.05, 0) is 20.8 Å². The number of aromatic nitrogens is 1. The molecule has 2 atom stereocenters. The second-order valence-corrected chi connectivity index (χ2v) is 10.1. The number of carbonyl (C=O) groups excluding carboxylic acids is 4. The maximum atomic E-state index is 12.7. The zero-order valence-corrected chi connectivity index (χ0v) is 20.5. The summed E-state index contributed by atoms with van der Waals surface area (Å²) < 4.78 is 9.86. The smallest absolute Gasteiger partial charge is 0.344 e. The van der Waals surface area contributed by atoms with Gasteiger partial charge in [0.25, 0.3) is 11.8 Å². The number of carbonyl (C=O) groups is 5. The molecular weight excluding hydrogens is 504 g/mol. The second-order valence-electron chi connectivity index (χ2n) is 8.26. The number of fused-ring (bicyclic) bond motifs is 1. The van der Waals surface area contributed by atoms with Crippen LogP contribution in [0.5, 0.6) is 0 Å². The average molecular weight is 527 g/mol. The summed E-state index contributed by atoms with van der Waals surface area (Å²) in [6.45, 7) is 3.69. The Labute approximate surface area is 207 Å². The van der Waals surface area contributed by atoms with Gasteiger partial charge < -0.3 is 29.6 Å². The fourth-order valence-electron chi connectivity index (χ4n) is 2.77. The first-order chi connectivity index (χ1) is 16.5. The lowest BCUT2D eigenvalue weighted by molar-refractivity contribution is -0.171. The summed E-state index contributed by atoms with van der Waals surface area (Å²) in [7, 11) is 0. The van der Waals surface area contributed by atoms with Gasteiger partial charge in [-0.25, -0.2) is 14.6 Å². The van der Waals surface area contributed by atoms with E-state index in [1.54, 1.807) is 20.8 Å². The van der Waals surface area contributed by atoms with Crippen LogP contribution in [-0.4, -0.2) is 81.0 Å². The largest absolute Gasteiger partial charge is 0.479 e. The Balaban J connectivity index is 1.58. The van der Waals surface area contributed by atoms with E-state index in [-0.39, 0.29) is 22.7 Å². The highest BCUT2D eigenvalue weighted by molar-refractivity contribution is 8.00.